The second-order valence-corrected chi connectivity index (χ2v) is 6.36. The molecule has 1 aliphatic heterocycles. The summed E-state index contributed by atoms with van der Waals surface area (Å²) in [5.74, 6) is -0.750. The fourth-order valence-electron chi connectivity index (χ4n) is 3.65. The molecule has 0 bridgehead atoms. The topological polar surface area (TPSA) is 102 Å². The van der Waals surface area contributed by atoms with E-state index in [1.807, 2.05) is 6.08 Å². The van der Waals surface area contributed by atoms with Crippen LogP contribution in [-0.4, -0.2) is 22.4 Å². The summed E-state index contributed by atoms with van der Waals surface area (Å²) in [5, 5.41) is 13.9. The number of hydrogen-bond donors (Lipinski definition) is 1. The number of para-hydroxylation sites is 1. The number of nitrogens with one attached hydrogen (secondary N) is 1. The molecule has 1 unspecified atom stereocenters. The van der Waals surface area contributed by atoms with Crippen LogP contribution >= 0.6 is 0 Å². The lowest BCUT2D eigenvalue weighted by atomic mass is 9.85. The van der Waals surface area contributed by atoms with Crippen LogP contribution in [0.15, 0.2) is 64.3 Å². The van der Waals surface area contributed by atoms with Crippen LogP contribution in [0, 0.1) is 16.0 Å². The zero-order valence-corrected chi connectivity index (χ0v) is 13.8. The summed E-state index contributed by atoms with van der Waals surface area (Å²) >= 11 is 0. The molecule has 130 valence electrons. The molecule has 1 N–H and O–H groups in total. The van der Waals surface area contributed by atoms with Crippen molar-refractivity contribution in [2.75, 3.05) is 0 Å². The summed E-state index contributed by atoms with van der Waals surface area (Å²) in [7, 11) is 0. The molecule has 2 aliphatic carbocycles. The lowest BCUT2D eigenvalue weighted by molar-refractivity contribution is -0.385. The molecule has 0 fully saturated rings. The van der Waals surface area contributed by atoms with E-state index < -0.39 is 10.8 Å². The molecule has 1 atom stereocenters. The van der Waals surface area contributed by atoms with E-state index >= 15 is 0 Å². The third kappa shape index (κ3) is 2.67. The molecule has 1 aromatic carbocycles. The predicted octanol–water partition coefficient (Wildman–Crippen LogP) is 2.86. The molecule has 7 nitrogen and oxygen atoms in total. The van der Waals surface area contributed by atoms with Gasteiger partial charge in [0.25, 0.3) is 17.5 Å². The second kappa shape index (κ2) is 6.18. The first-order valence-corrected chi connectivity index (χ1v) is 8.34. The molecule has 2 amide bonds. The van der Waals surface area contributed by atoms with Gasteiger partial charge in [0.2, 0.25) is 0 Å². The molecule has 3 aliphatic rings. The maximum absolute atomic E-state index is 12.4. The Kier molecular flexibility index (Phi) is 3.84. The van der Waals surface area contributed by atoms with Crippen molar-refractivity contribution in [1.82, 2.24) is 5.32 Å². The van der Waals surface area contributed by atoms with Gasteiger partial charge in [-0.3, -0.25) is 19.7 Å². The van der Waals surface area contributed by atoms with Crippen LogP contribution < -0.4 is 5.32 Å². The van der Waals surface area contributed by atoms with Gasteiger partial charge in [0, 0.05) is 23.3 Å². The van der Waals surface area contributed by atoms with Crippen LogP contribution in [0.1, 0.15) is 29.6 Å². The first kappa shape index (κ1) is 16.1. The molecule has 7 heteroatoms. The van der Waals surface area contributed by atoms with Crippen molar-refractivity contribution in [2.45, 2.75) is 19.3 Å². The van der Waals surface area contributed by atoms with Gasteiger partial charge in [-0.1, -0.05) is 18.2 Å². The summed E-state index contributed by atoms with van der Waals surface area (Å²) in [6.07, 6.45) is 7.99. The van der Waals surface area contributed by atoms with Gasteiger partial charge in [-0.15, -0.1) is 0 Å². The van der Waals surface area contributed by atoms with Crippen LogP contribution in [0.2, 0.25) is 0 Å². The molecule has 0 radical (unpaired) electrons. The number of allylic oxidation sites excluding steroid dienone is 3. The van der Waals surface area contributed by atoms with Gasteiger partial charge in [0.1, 0.15) is 5.56 Å². The zero-order valence-electron chi connectivity index (χ0n) is 13.8. The van der Waals surface area contributed by atoms with Crippen LogP contribution in [0.25, 0.3) is 0 Å². The number of rotatable bonds is 2. The van der Waals surface area contributed by atoms with E-state index in [4.69, 9.17) is 0 Å². The number of amides is 2. The van der Waals surface area contributed by atoms with Crippen LogP contribution in [-0.2, 0) is 4.79 Å². The molecule has 1 heterocycles. The van der Waals surface area contributed by atoms with E-state index in [-0.39, 0.29) is 23.1 Å². The van der Waals surface area contributed by atoms with Gasteiger partial charge in [-0.2, -0.15) is 0 Å². The number of carbonyl (C=O) groups excluding carboxylic acids is 2. The minimum Gasteiger partial charge on any atom is -0.325 e. The minimum atomic E-state index is -0.685. The van der Waals surface area contributed by atoms with Crippen molar-refractivity contribution in [3.05, 3.63) is 75.0 Å². The van der Waals surface area contributed by atoms with Crippen molar-refractivity contribution in [3.8, 4) is 0 Å². The Morgan fingerprint density at radius 1 is 1.27 bits per heavy atom. The molecule has 26 heavy (non-hydrogen) atoms. The summed E-state index contributed by atoms with van der Waals surface area (Å²) in [6, 6.07) is 5.71. The second-order valence-electron chi connectivity index (χ2n) is 6.36. The van der Waals surface area contributed by atoms with Gasteiger partial charge >= 0.3 is 0 Å². The normalized spacial score (nSPS) is 22.6. The highest BCUT2D eigenvalue weighted by Crippen LogP contribution is 2.39. The highest BCUT2D eigenvalue weighted by atomic mass is 16.6. The Balaban J connectivity index is 1.65. The first-order chi connectivity index (χ1) is 12.5. The van der Waals surface area contributed by atoms with E-state index in [0.29, 0.717) is 11.4 Å². The fourth-order valence-corrected chi connectivity index (χ4v) is 3.65. The van der Waals surface area contributed by atoms with Crippen LogP contribution in [0.4, 0.5) is 5.69 Å². The fraction of sp³-hybridized carbons (Fsp3) is 0.211. The Labute approximate surface area is 149 Å². The monoisotopic (exact) mass is 349 g/mol. The average Bonchev–Trinajstić information content (AvgIpc) is 3.12. The number of benzene rings is 1. The van der Waals surface area contributed by atoms with E-state index in [9.17, 15) is 19.7 Å². The van der Waals surface area contributed by atoms with E-state index in [1.165, 1.54) is 18.2 Å². The highest BCUT2D eigenvalue weighted by molar-refractivity contribution is 6.15. The molecule has 0 saturated carbocycles. The van der Waals surface area contributed by atoms with Crippen molar-refractivity contribution in [1.29, 1.82) is 0 Å². The molecule has 1 aromatic rings. The van der Waals surface area contributed by atoms with Gasteiger partial charge in [0.15, 0.2) is 0 Å². The summed E-state index contributed by atoms with van der Waals surface area (Å²) in [5.41, 5.74) is 2.73. The summed E-state index contributed by atoms with van der Waals surface area (Å²) in [6.45, 7) is 0. The number of nitrogens with zero attached hydrogens (tertiary/aromatic N) is 2. The standard InChI is InChI=1S/C19H15N3O4/c23-18-14-6-3-5-12(14)13-9-8-11(10-16(13)21-18)20-19(24)15-4-1-2-7-17(15)22(25)26/h1-2,4,7-10,13H,3,5-6H2,(H,21,23). The molecule has 0 aromatic heterocycles. The lowest BCUT2D eigenvalue weighted by Gasteiger charge is -2.28. The highest BCUT2D eigenvalue weighted by Gasteiger charge is 2.34. The maximum atomic E-state index is 12.4. The molecule has 0 spiro atoms. The van der Waals surface area contributed by atoms with Gasteiger partial charge in [-0.25, -0.2) is 4.99 Å². The van der Waals surface area contributed by atoms with E-state index in [2.05, 4.69) is 10.3 Å². The maximum Gasteiger partial charge on any atom is 0.284 e. The predicted molar refractivity (Wildman–Crippen MR) is 94.6 cm³/mol. The summed E-state index contributed by atoms with van der Waals surface area (Å²) in [4.78, 5) is 39.0. The average molecular weight is 349 g/mol. The largest absolute Gasteiger partial charge is 0.325 e. The SMILES string of the molecule is O=C1NC2=CC(=NC(=O)c3ccccc3[N+](=O)[O-])C=CC2C2=C1CCC2. The number of aliphatic imine (C=N–C) groups is 1. The molecular formula is C19H15N3O4. The van der Waals surface area contributed by atoms with E-state index in [0.717, 1.165) is 30.4 Å². The third-order valence-electron chi connectivity index (χ3n) is 4.83. The smallest absolute Gasteiger partial charge is 0.284 e. The van der Waals surface area contributed by atoms with Crippen molar-refractivity contribution < 1.29 is 14.5 Å². The quantitative estimate of drug-likeness (QED) is 0.655. The van der Waals surface area contributed by atoms with Crippen LogP contribution in [0.3, 0.4) is 0 Å². The number of carbonyl (C=O) groups is 2. The Morgan fingerprint density at radius 2 is 2.08 bits per heavy atom. The van der Waals surface area contributed by atoms with E-state index in [1.54, 1.807) is 18.2 Å². The Hall–Kier alpha value is -3.35. The number of nitro groups is 1. The zero-order chi connectivity index (χ0) is 18.3. The van der Waals surface area contributed by atoms with Gasteiger partial charge in [-0.05, 0) is 43.1 Å². The van der Waals surface area contributed by atoms with Crippen molar-refractivity contribution in [3.63, 3.8) is 0 Å². The summed E-state index contributed by atoms with van der Waals surface area (Å²) < 4.78 is 0. The Bertz CT molecular complexity index is 969. The number of hydrogen-bond acceptors (Lipinski definition) is 4. The Morgan fingerprint density at radius 3 is 2.88 bits per heavy atom. The van der Waals surface area contributed by atoms with Crippen LogP contribution in [0.5, 0.6) is 0 Å². The van der Waals surface area contributed by atoms with Gasteiger partial charge in [0.05, 0.1) is 10.6 Å². The molecule has 4 rings (SSSR count). The van der Waals surface area contributed by atoms with Crippen molar-refractivity contribution >= 4 is 23.2 Å². The third-order valence-corrected chi connectivity index (χ3v) is 4.83. The minimum absolute atomic E-state index is 0.0188. The first-order valence-electron chi connectivity index (χ1n) is 8.34. The van der Waals surface area contributed by atoms with Crippen molar-refractivity contribution in [2.24, 2.45) is 10.9 Å². The molecular weight excluding hydrogens is 334 g/mol. The lowest BCUT2D eigenvalue weighted by Crippen LogP contribution is -2.35. The number of fused-ring (bicyclic) bond motifs is 2. The van der Waals surface area contributed by atoms with Gasteiger partial charge < -0.3 is 5.32 Å². The number of nitro benzene ring substituents is 1. The molecule has 0 saturated heterocycles.